The molecular weight excluding hydrogens is 358 g/mol. The molecule has 1 aromatic heterocycles. The minimum absolute atomic E-state index is 0.0117. The molecule has 0 spiro atoms. The van der Waals surface area contributed by atoms with Crippen molar-refractivity contribution in [2.24, 2.45) is 0 Å². The number of pyridine rings is 1. The first-order valence-electron chi connectivity index (χ1n) is 10.2. The van der Waals surface area contributed by atoms with Gasteiger partial charge >= 0.3 is 0 Å². The molecule has 0 fully saturated rings. The lowest BCUT2D eigenvalue weighted by Gasteiger charge is -2.10. The number of aryl methyl sites for hydroxylation is 2. The summed E-state index contributed by atoms with van der Waals surface area (Å²) >= 11 is 0. The maximum Gasteiger partial charge on any atom is 0.197 e. The lowest BCUT2D eigenvalue weighted by molar-refractivity contribution is 0.103. The topological polar surface area (TPSA) is 49.9 Å². The fraction of sp³-hybridized carbons (Fsp3) is 0.231. The molecule has 0 aliphatic heterocycles. The molecule has 3 heteroatoms. The van der Waals surface area contributed by atoms with E-state index >= 15 is 0 Å². The van der Waals surface area contributed by atoms with Crippen LogP contribution in [0, 0.1) is 13.8 Å². The monoisotopic (exact) mass is 387 g/mol. The number of aromatic amines is 1. The summed E-state index contributed by atoms with van der Waals surface area (Å²) in [5, 5.41) is 1.27. The van der Waals surface area contributed by atoms with Crippen molar-refractivity contribution in [1.29, 1.82) is 0 Å². The van der Waals surface area contributed by atoms with Crippen LogP contribution >= 0.6 is 0 Å². The molecule has 4 rings (SSSR count). The highest BCUT2D eigenvalue weighted by Crippen LogP contribution is 2.22. The molecule has 0 aliphatic rings. The molecule has 0 amide bonds. The Morgan fingerprint density at radius 1 is 0.690 bits per heavy atom. The highest BCUT2D eigenvalue weighted by Gasteiger charge is 2.16. The fourth-order valence-corrected chi connectivity index (χ4v) is 3.30. The maximum atomic E-state index is 13.0. The first-order chi connectivity index (χ1) is 14.1. The number of nitrogens with one attached hydrogen (secondary N) is 1. The van der Waals surface area contributed by atoms with Crippen molar-refractivity contribution in [3.05, 3.63) is 93.1 Å². The molecule has 1 heterocycles. The minimum Gasteiger partial charge on any atom is -0.354 e. The number of ketones is 1. The van der Waals surface area contributed by atoms with Gasteiger partial charge in [-0.25, -0.2) is 0 Å². The molecule has 0 saturated carbocycles. The van der Waals surface area contributed by atoms with E-state index in [1.54, 1.807) is 6.07 Å². The molecule has 0 atom stereocenters. The number of fused-ring (bicyclic) bond motifs is 2. The molecule has 3 aromatic carbocycles. The number of H-pyrrole nitrogens is 1. The van der Waals surface area contributed by atoms with Crippen molar-refractivity contribution >= 4 is 27.6 Å². The van der Waals surface area contributed by atoms with Crippen LogP contribution < -0.4 is 5.43 Å². The molecule has 0 unspecified atom stereocenters. The summed E-state index contributed by atoms with van der Waals surface area (Å²) in [6, 6.07) is 18.6. The summed E-state index contributed by atoms with van der Waals surface area (Å²) < 4.78 is 0. The highest BCUT2D eigenvalue weighted by molar-refractivity contribution is 6.12. The van der Waals surface area contributed by atoms with E-state index in [0.717, 1.165) is 16.6 Å². The van der Waals surface area contributed by atoms with Crippen LogP contribution in [-0.2, 0) is 0 Å². The van der Waals surface area contributed by atoms with Gasteiger partial charge in [0.25, 0.3) is 0 Å². The van der Waals surface area contributed by atoms with Crippen LogP contribution in [0.2, 0.25) is 0 Å². The second-order valence-corrected chi connectivity index (χ2v) is 6.36. The smallest absolute Gasteiger partial charge is 0.197 e. The van der Waals surface area contributed by atoms with Crippen LogP contribution in [0.25, 0.3) is 21.8 Å². The van der Waals surface area contributed by atoms with Gasteiger partial charge in [0, 0.05) is 27.4 Å². The highest BCUT2D eigenvalue weighted by atomic mass is 16.1. The van der Waals surface area contributed by atoms with Crippen LogP contribution in [0.5, 0.6) is 0 Å². The van der Waals surface area contributed by atoms with Gasteiger partial charge in [0.1, 0.15) is 0 Å². The van der Waals surface area contributed by atoms with Gasteiger partial charge in [-0.15, -0.1) is 0 Å². The van der Waals surface area contributed by atoms with Crippen LogP contribution in [0.4, 0.5) is 0 Å². The van der Waals surface area contributed by atoms with E-state index in [9.17, 15) is 9.59 Å². The average Bonchev–Trinajstić information content (AvgIpc) is 2.77. The Bertz CT molecular complexity index is 1200. The predicted molar refractivity (Wildman–Crippen MR) is 124 cm³/mol. The van der Waals surface area contributed by atoms with Crippen molar-refractivity contribution in [2.45, 2.75) is 41.5 Å². The van der Waals surface area contributed by atoms with E-state index in [-0.39, 0.29) is 11.2 Å². The molecular formula is C26H29NO2. The summed E-state index contributed by atoms with van der Waals surface area (Å²) in [5.74, 6) is -0.0218. The minimum atomic E-state index is -0.0218. The second-order valence-electron chi connectivity index (χ2n) is 6.36. The van der Waals surface area contributed by atoms with E-state index in [1.807, 2.05) is 96.1 Å². The van der Waals surface area contributed by atoms with Gasteiger partial charge in [-0.3, -0.25) is 9.59 Å². The second kappa shape index (κ2) is 9.83. The molecule has 1 N–H and O–H groups in total. The van der Waals surface area contributed by atoms with E-state index in [2.05, 4.69) is 4.98 Å². The van der Waals surface area contributed by atoms with Crippen molar-refractivity contribution in [3.63, 3.8) is 0 Å². The van der Waals surface area contributed by atoms with Gasteiger partial charge in [0.05, 0.1) is 5.52 Å². The Kier molecular flexibility index (Phi) is 7.49. The van der Waals surface area contributed by atoms with Crippen molar-refractivity contribution < 1.29 is 4.79 Å². The van der Waals surface area contributed by atoms with E-state index in [0.29, 0.717) is 27.4 Å². The molecule has 3 nitrogen and oxygen atoms in total. The van der Waals surface area contributed by atoms with Crippen LogP contribution in [-0.4, -0.2) is 10.8 Å². The first-order valence-corrected chi connectivity index (χ1v) is 10.2. The number of hydrogen-bond acceptors (Lipinski definition) is 2. The first kappa shape index (κ1) is 22.1. The Morgan fingerprint density at radius 3 is 2.00 bits per heavy atom. The molecule has 0 radical (unpaired) electrons. The predicted octanol–water partition coefficient (Wildman–Crippen LogP) is 6.58. The number of rotatable bonds is 2. The van der Waals surface area contributed by atoms with Crippen LogP contribution in [0.1, 0.15) is 54.7 Å². The third-order valence-corrected chi connectivity index (χ3v) is 4.68. The molecule has 0 saturated heterocycles. The number of aromatic nitrogens is 1. The van der Waals surface area contributed by atoms with Crippen molar-refractivity contribution in [1.82, 2.24) is 4.98 Å². The Balaban J connectivity index is 0.000000707. The average molecular weight is 388 g/mol. The SMILES string of the molecule is CC.CC.Cc1ccccc1C(=O)c1cc2[nH]c3ccccc3c(=O)c2cc1C. The molecule has 29 heavy (non-hydrogen) atoms. The number of benzene rings is 3. The fourth-order valence-electron chi connectivity index (χ4n) is 3.30. The molecule has 4 aromatic rings. The lowest BCUT2D eigenvalue weighted by Crippen LogP contribution is -2.09. The molecule has 0 aliphatic carbocycles. The van der Waals surface area contributed by atoms with E-state index in [1.165, 1.54) is 0 Å². The van der Waals surface area contributed by atoms with Crippen LogP contribution in [0.15, 0.2) is 65.5 Å². The number of hydrogen-bond donors (Lipinski definition) is 1. The maximum absolute atomic E-state index is 13.0. The van der Waals surface area contributed by atoms with Gasteiger partial charge < -0.3 is 4.98 Å². The Labute approximate surface area is 172 Å². The lowest BCUT2D eigenvalue weighted by atomic mass is 9.94. The standard InChI is InChI=1S/C22H17NO2.2C2H6/c1-13-7-3-4-8-15(13)21(24)17-12-20-18(11-14(17)2)22(25)16-9-5-6-10-19(16)23-20;2*1-2/h3-12H,1-2H3,(H,23,25);2*1-2H3. The largest absolute Gasteiger partial charge is 0.354 e. The molecule has 150 valence electrons. The quantitative estimate of drug-likeness (QED) is 0.312. The van der Waals surface area contributed by atoms with Crippen molar-refractivity contribution in [2.75, 3.05) is 0 Å². The summed E-state index contributed by atoms with van der Waals surface area (Å²) in [6.07, 6.45) is 0. The number of carbonyl (C=O) groups is 1. The van der Waals surface area contributed by atoms with E-state index in [4.69, 9.17) is 0 Å². The van der Waals surface area contributed by atoms with Crippen LogP contribution in [0.3, 0.4) is 0 Å². The van der Waals surface area contributed by atoms with Gasteiger partial charge in [-0.2, -0.15) is 0 Å². The van der Waals surface area contributed by atoms with Gasteiger partial charge in [-0.1, -0.05) is 64.1 Å². The zero-order valence-corrected chi connectivity index (χ0v) is 18.1. The zero-order valence-electron chi connectivity index (χ0n) is 18.1. The summed E-state index contributed by atoms with van der Waals surface area (Å²) in [4.78, 5) is 29.0. The number of carbonyl (C=O) groups excluding carboxylic acids is 1. The van der Waals surface area contributed by atoms with Gasteiger partial charge in [0.2, 0.25) is 0 Å². The van der Waals surface area contributed by atoms with Gasteiger partial charge in [-0.05, 0) is 49.2 Å². The zero-order chi connectivity index (χ0) is 21.6. The van der Waals surface area contributed by atoms with E-state index < -0.39 is 0 Å². The summed E-state index contributed by atoms with van der Waals surface area (Å²) in [6.45, 7) is 11.8. The van der Waals surface area contributed by atoms with Gasteiger partial charge in [0.15, 0.2) is 11.2 Å². The Hall–Kier alpha value is -3.20. The summed E-state index contributed by atoms with van der Waals surface area (Å²) in [7, 11) is 0. The third kappa shape index (κ3) is 4.29. The Morgan fingerprint density at radius 2 is 1.31 bits per heavy atom. The normalized spacial score (nSPS) is 10.0. The molecule has 0 bridgehead atoms. The summed E-state index contributed by atoms with van der Waals surface area (Å²) in [5.41, 5.74) is 4.51. The third-order valence-electron chi connectivity index (χ3n) is 4.68. The van der Waals surface area contributed by atoms with Crippen molar-refractivity contribution in [3.8, 4) is 0 Å². The number of para-hydroxylation sites is 1.